The number of nitrogens with zero attached hydrogens (tertiary/aromatic N) is 1. The third kappa shape index (κ3) is 3.51. The molecule has 0 aliphatic carbocycles. The second-order valence-corrected chi connectivity index (χ2v) is 5.58. The van der Waals surface area contributed by atoms with Crippen LogP contribution in [-0.2, 0) is 0 Å². The van der Waals surface area contributed by atoms with Crippen LogP contribution in [0.5, 0.6) is 0 Å². The van der Waals surface area contributed by atoms with E-state index >= 15 is 0 Å². The van der Waals surface area contributed by atoms with Crippen LogP contribution >= 0.6 is 11.8 Å². The molecule has 0 aliphatic heterocycles. The van der Waals surface area contributed by atoms with Gasteiger partial charge < -0.3 is 10.5 Å². The average Bonchev–Trinajstić information content (AvgIpc) is 2.47. The molecule has 2 rings (SSSR count). The molecule has 0 saturated heterocycles. The molecule has 0 fully saturated rings. The molecule has 2 aromatic rings. The van der Waals surface area contributed by atoms with Gasteiger partial charge in [-0.15, -0.1) is 0 Å². The SMILES string of the molecule is CSC(C)c1cccc(NC(=O)c2cc[n+]([O-])cc2)c1. The first kappa shape index (κ1) is 14.4. The van der Waals surface area contributed by atoms with E-state index in [2.05, 4.69) is 18.5 Å². The minimum Gasteiger partial charge on any atom is -0.619 e. The molecule has 1 amide bonds. The molecule has 1 N–H and O–H groups in total. The molecule has 0 spiro atoms. The fourth-order valence-corrected chi connectivity index (χ4v) is 2.19. The van der Waals surface area contributed by atoms with Gasteiger partial charge in [0.2, 0.25) is 0 Å². The van der Waals surface area contributed by atoms with Crippen molar-refractivity contribution < 1.29 is 9.52 Å². The molecule has 20 heavy (non-hydrogen) atoms. The van der Waals surface area contributed by atoms with Crippen molar-refractivity contribution in [2.24, 2.45) is 0 Å². The molecule has 1 atom stereocenters. The van der Waals surface area contributed by atoms with Crippen molar-refractivity contribution in [1.82, 2.24) is 0 Å². The predicted molar refractivity (Wildman–Crippen MR) is 81.7 cm³/mol. The molecule has 0 aliphatic rings. The number of thioether (sulfide) groups is 1. The lowest BCUT2D eigenvalue weighted by Gasteiger charge is -2.11. The highest BCUT2D eigenvalue weighted by Crippen LogP contribution is 2.27. The van der Waals surface area contributed by atoms with Crippen molar-refractivity contribution in [1.29, 1.82) is 0 Å². The van der Waals surface area contributed by atoms with Gasteiger partial charge in [0, 0.05) is 23.1 Å². The van der Waals surface area contributed by atoms with Gasteiger partial charge in [0.15, 0.2) is 12.4 Å². The van der Waals surface area contributed by atoms with Crippen LogP contribution in [0.15, 0.2) is 48.8 Å². The van der Waals surface area contributed by atoms with Gasteiger partial charge in [0.05, 0.1) is 5.56 Å². The minimum absolute atomic E-state index is 0.223. The van der Waals surface area contributed by atoms with Crippen LogP contribution in [0.25, 0.3) is 0 Å². The number of amides is 1. The van der Waals surface area contributed by atoms with Gasteiger partial charge in [0.1, 0.15) is 0 Å². The summed E-state index contributed by atoms with van der Waals surface area (Å²) in [6, 6.07) is 10.8. The monoisotopic (exact) mass is 288 g/mol. The Morgan fingerprint density at radius 2 is 2.00 bits per heavy atom. The average molecular weight is 288 g/mol. The molecule has 0 saturated carbocycles. The summed E-state index contributed by atoms with van der Waals surface area (Å²) in [6.45, 7) is 2.12. The van der Waals surface area contributed by atoms with Gasteiger partial charge in [0.25, 0.3) is 5.91 Å². The molecule has 0 bridgehead atoms. The molecule has 104 valence electrons. The lowest BCUT2D eigenvalue weighted by Crippen LogP contribution is -2.25. The molecular formula is C15H16N2O2S. The lowest BCUT2D eigenvalue weighted by atomic mass is 10.1. The maximum Gasteiger partial charge on any atom is 0.256 e. The Morgan fingerprint density at radius 3 is 2.65 bits per heavy atom. The Bertz CT molecular complexity index is 599. The number of nitrogens with one attached hydrogen (secondary N) is 1. The first-order chi connectivity index (χ1) is 9.60. The van der Waals surface area contributed by atoms with Crippen molar-refractivity contribution in [3.8, 4) is 0 Å². The van der Waals surface area contributed by atoms with E-state index < -0.39 is 0 Å². The zero-order valence-electron chi connectivity index (χ0n) is 11.4. The summed E-state index contributed by atoms with van der Waals surface area (Å²) >= 11 is 1.75. The van der Waals surface area contributed by atoms with Gasteiger partial charge in [-0.3, -0.25) is 4.79 Å². The third-order valence-corrected chi connectivity index (χ3v) is 4.01. The molecule has 4 nitrogen and oxygen atoms in total. The normalized spacial score (nSPS) is 11.9. The number of carbonyl (C=O) groups is 1. The second kappa shape index (κ2) is 6.43. The van der Waals surface area contributed by atoms with E-state index in [-0.39, 0.29) is 5.91 Å². The second-order valence-electron chi connectivity index (χ2n) is 4.40. The number of anilines is 1. The summed E-state index contributed by atoms with van der Waals surface area (Å²) in [7, 11) is 0. The van der Waals surface area contributed by atoms with Gasteiger partial charge in [-0.2, -0.15) is 16.5 Å². The van der Waals surface area contributed by atoms with E-state index in [0.717, 1.165) is 5.69 Å². The fraction of sp³-hybridized carbons (Fsp3) is 0.200. The van der Waals surface area contributed by atoms with Crippen LogP contribution in [-0.4, -0.2) is 12.2 Å². The van der Waals surface area contributed by atoms with Gasteiger partial charge >= 0.3 is 0 Å². The summed E-state index contributed by atoms with van der Waals surface area (Å²) < 4.78 is 0.650. The van der Waals surface area contributed by atoms with Crippen molar-refractivity contribution >= 4 is 23.4 Å². The van der Waals surface area contributed by atoms with E-state index in [1.165, 1.54) is 30.1 Å². The van der Waals surface area contributed by atoms with E-state index in [1.807, 2.05) is 24.3 Å². The number of aromatic nitrogens is 1. The maximum atomic E-state index is 12.0. The van der Waals surface area contributed by atoms with Crippen molar-refractivity contribution in [2.45, 2.75) is 12.2 Å². The van der Waals surface area contributed by atoms with E-state index in [0.29, 0.717) is 15.5 Å². The smallest absolute Gasteiger partial charge is 0.256 e. The van der Waals surface area contributed by atoms with E-state index in [9.17, 15) is 10.0 Å². The molecular weight excluding hydrogens is 272 g/mol. The molecule has 1 aromatic heterocycles. The number of hydrogen-bond acceptors (Lipinski definition) is 3. The third-order valence-electron chi connectivity index (χ3n) is 3.03. The number of rotatable bonds is 4. The summed E-state index contributed by atoms with van der Waals surface area (Å²) in [5.74, 6) is -0.223. The zero-order valence-corrected chi connectivity index (χ0v) is 12.2. The predicted octanol–water partition coefficient (Wildman–Crippen LogP) is 3.00. The standard InChI is InChI=1S/C15H16N2O2S/c1-11(20-2)13-4-3-5-14(10-13)16-15(18)12-6-8-17(19)9-7-12/h3-11H,1-2H3,(H,16,18). The summed E-state index contributed by atoms with van der Waals surface area (Å²) in [5, 5.41) is 14.2. The first-order valence-electron chi connectivity index (χ1n) is 6.23. The van der Waals surface area contributed by atoms with Crippen LogP contribution in [0.4, 0.5) is 5.69 Å². The van der Waals surface area contributed by atoms with Crippen molar-refractivity contribution in [3.63, 3.8) is 0 Å². The Labute approximate surface area is 122 Å². The van der Waals surface area contributed by atoms with Crippen molar-refractivity contribution in [3.05, 3.63) is 65.1 Å². The van der Waals surface area contributed by atoms with Gasteiger partial charge in [-0.1, -0.05) is 12.1 Å². The Balaban J connectivity index is 2.13. The number of benzene rings is 1. The van der Waals surface area contributed by atoms with Crippen LogP contribution in [0.3, 0.4) is 0 Å². The highest BCUT2D eigenvalue weighted by atomic mass is 32.2. The Morgan fingerprint density at radius 1 is 1.30 bits per heavy atom. The van der Waals surface area contributed by atoms with E-state index in [4.69, 9.17) is 0 Å². The van der Waals surface area contributed by atoms with Crippen LogP contribution < -0.4 is 10.0 Å². The molecule has 0 radical (unpaired) electrons. The molecule has 5 heteroatoms. The van der Waals surface area contributed by atoms with Crippen LogP contribution in [0, 0.1) is 5.21 Å². The van der Waals surface area contributed by atoms with E-state index in [1.54, 1.807) is 11.8 Å². The number of carbonyl (C=O) groups excluding carboxylic acids is 1. The minimum atomic E-state index is -0.223. The fourth-order valence-electron chi connectivity index (χ4n) is 1.77. The molecule has 1 aromatic carbocycles. The topological polar surface area (TPSA) is 56.0 Å². The Kier molecular flexibility index (Phi) is 4.63. The molecule has 1 heterocycles. The highest BCUT2D eigenvalue weighted by Gasteiger charge is 2.09. The van der Waals surface area contributed by atoms with Crippen LogP contribution in [0.2, 0.25) is 0 Å². The Hall–Kier alpha value is -2.01. The summed E-state index contributed by atoms with van der Waals surface area (Å²) in [4.78, 5) is 12.0. The van der Waals surface area contributed by atoms with Crippen molar-refractivity contribution in [2.75, 3.05) is 11.6 Å². The summed E-state index contributed by atoms with van der Waals surface area (Å²) in [6.07, 6.45) is 4.67. The first-order valence-corrected chi connectivity index (χ1v) is 7.52. The highest BCUT2D eigenvalue weighted by molar-refractivity contribution is 7.98. The zero-order chi connectivity index (χ0) is 14.5. The van der Waals surface area contributed by atoms with Gasteiger partial charge in [-0.05, 0) is 30.9 Å². The lowest BCUT2D eigenvalue weighted by molar-refractivity contribution is -0.605. The molecule has 1 unspecified atom stereocenters. The van der Waals surface area contributed by atoms with Crippen LogP contribution in [0.1, 0.15) is 28.1 Å². The number of hydrogen-bond donors (Lipinski definition) is 1. The van der Waals surface area contributed by atoms with Gasteiger partial charge in [-0.25, -0.2) is 0 Å². The largest absolute Gasteiger partial charge is 0.619 e. The number of pyridine rings is 1. The maximum absolute atomic E-state index is 12.0. The summed E-state index contributed by atoms with van der Waals surface area (Å²) in [5.41, 5.74) is 2.38. The quantitative estimate of drug-likeness (QED) is 0.695.